The van der Waals surface area contributed by atoms with Crippen molar-refractivity contribution in [3.63, 3.8) is 0 Å². The van der Waals surface area contributed by atoms with Crippen LogP contribution in [0.25, 0.3) is 0 Å². The van der Waals surface area contributed by atoms with Gasteiger partial charge in [0.25, 0.3) is 0 Å². The number of nitrogens with two attached hydrogens (primary N) is 1. The van der Waals surface area contributed by atoms with Crippen LogP contribution < -0.4 is 5.73 Å². The molecule has 1 atom stereocenters. The van der Waals surface area contributed by atoms with E-state index in [1.165, 1.54) is 0 Å². The van der Waals surface area contributed by atoms with Gasteiger partial charge in [0.15, 0.2) is 17.5 Å². The van der Waals surface area contributed by atoms with E-state index in [9.17, 15) is 13.2 Å². The van der Waals surface area contributed by atoms with E-state index >= 15 is 0 Å². The molecule has 0 saturated carbocycles. The van der Waals surface area contributed by atoms with Crippen LogP contribution in [0.2, 0.25) is 0 Å². The first-order valence-corrected chi connectivity index (χ1v) is 6.32. The lowest BCUT2D eigenvalue weighted by Crippen LogP contribution is -2.45. The van der Waals surface area contributed by atoms with Crippen molar-refractivity contribution in [3.05, 3.63) is 35.1 Å². The van der Waals surface area contributed by atoms with Crippen LogP contribution in [0.5, 0.6) is 0 Å². The highest BCUT2D eigenvalue weighted by Gasteiger charge is 2.29. The SMILES string of the molecule is CCC(C)(C)N(C)C(CN)c1cc(F)c(F)c(F)c1. The Labute approximate surface area is 112 Å². The minimum absolute atomic E-state index is 0.175. The Morgan fingerprint density at radius 3 is 2.05 bits per heavy atom. The van der Waals surface area contributed by atoms with Gasteiger partial charge in [0.1, 0.15) is 0 Å². The van der Waals surface area contributed by atoms with E-state index in [2.05, 4.69) is 0 Å². The Morgan fingerprint density at radius 2 is 1.68 bits per heavy atom. The molecule has 0 fully saturated rings. The summed E-state index contributed by atoms with van der Waals surface area (Å²) in [6, 6.07) is 1.66. The summed E-state index contributed by atoms with van der Waals surface area (Å²) in [5.41, 5.74) is 5.89. The van der Waals surface area contributed by atoms with Crippen LogP contribution in [0, 0.1) is 17.5 Å². The highest BCUT2D eigenvalue weighted by molar-refractivity contribution is 5.23. The van der Waals surface area contributed by atoms with Gasteiger partial charge < -0.3 is 5.73 Å². The molecule has 0 aliphatic carbocycles. The molecule has 0 saturated heterocycles. The van der Waals surface area contributed by atoms with Gasteiger partial charge >= 0.3 is 0 Å². The fourth-order valence-corrected chi connectivity index (χ4v) is 1.96. The molecule has 0 aliphatic heterocycles. The fourth-order valence-electron chi connectivity index (χ4n) is 1.96. The minimum Gasteiger partial charge on any atom is -0.329 e. The topological polar surface area (TPSA) is 29.3 Å². The number of rotatable bonds is 5. The molecule has 0 aliphatic rings. The van der Waals surface area contributed by atoms with Crippen molar-refractivity contribution in [2.75, 3.05) is 13.6 Å². The van der Waals surface area contributed by atoms with E-state index < -0.39 is 17.5 Å². The summed E-state index contributed by atoms with van der Waals surface area (Å²) in [4.78, 5) is 1.96. The molecule has 0 aromatic heterocycles. The molecule has 19 heavy (non-hydrogen) atoms. The normalized spacial score (nSPS) is 13.9. The maximum atomic E-state index is 13.3. The lowest BCUT2D eigenvalue weighted by atomic mass is 9.94. The Balaban J connectivity index is 3.17. The van der Waals surface area contributed by atoms with Gasteiger partial charge in [-0.1, -0.05) is 6.92 Å². The number of benzene rings is 1. The van der Waals surface area contributed by atoms with Crippen molar-refractivity contribution in [3.8, 4) is 0 Å². The van der Waals surface area contributed by atoms with Gasteiger partial charge in [-0.25, -0.2) is 13.2 Å². The van der Waals surface area contributed by atoms with Gasteiger partial charge in [-0.15, -0.1) is 0 Å². The van der Waals surface area contributed by atoms with Crippen LogP contribution in [0.1, 0.15) is 38.8 Å². The van der Waals surface area contributed by atoms with Crippen LogP contribution in [0.4, 0.5) is 13.2 Å². The highest BCUT2D eigenvalue weighted by Crippen LogP contribution is 2.29. The standard InChI is InChI=1S/C14H21F3N2/c1-5-14(2,3)19(4)12(8-18)9-6-10(15)13(17)11(16)7-9/h6-7,12H,5,8,18H2,1-4H3. The molecule has 1 aromatic rings. The third-order valence-electron chi connectivity index (χ3n) is 3.90. The fraction of sp³-hybridized carbons (Fsp3) is 0.571. The van der Waals surface area contributed by atoms with Gasteiger partial charge in [0.05, 0.1) is 0 Å². The molecule has 1 aromatic carbocycles. The Hall–Kier alpha value is -1.07. The largest absolute Gasteiger partial charge is 0.329 e. The van der Waals surface area contributed by atoms with Crippen molar-refractivity contribution in [1.82, 2.24) is 4.90 Å². The highest BCUT2D eigenvalue weighted by atomic mass is 19.2. The van der Waals surface area contributed by atoms with Gasteiger partial charge in [0, 0.05) is 18.1 Å². The molecule has 1 unspecified atom stereocenters. The maximum Gasteiger partial charge on any atom is 0.194 e. The van der Waals surface area contributed by atoms with E-state index in [4.69, 9.17) is 5.73 Å². The quantitative estimate of drug-likeness (QED) is 0.835. The van der Waals surface area contributed by atoms with Crippen molar-refractivity contribution in [2.24, 2.45) is 5.73 Å². The zero-order valence-corrected chi connectivity index (χ0v) is 11.8. The summed E-state index contributed by atoms with van der Waals surface area (Å²) >= 11 is 0. The van der Waals surface area contributed by atoms with Crippen molar-refractivity contribution in [1.29, 1.82) is 0 Å². The molecule has 0 amide bonds. The van der Waals surface area contributed by atoms with Gasteiger partial charge in [-0.3, -0.25) is 4.90 Å². The van der Waals surface area contributed by atoms with E-state index in [1.54, 1.807) is 0 Å². The Kier molecular flexibility index (Phi) is 4.98. The van der Waals surface area contributed by atoms with Crippen LogP contribution in [-0.4, -0.2) is 24.0 Å². The lowest BCUT2D eigenvalue weighted by molar-refractivity contribution is 0.1000. The van der Waals surface area contributed by atoms with Gasteiger partial charge in [-0.05, 0) is 45.0 Å². The summed E-state index contributed by atoms with van der Waals surface area (Å²) in [6.07, 6.45) is 0.853. The molecule has 0 bridgehead atoms. The lowest BCUT2D eigenvalue weighted by Gasteiger charge is -2.40. The van der Waals surface area contributed by atoms with E-state index in [-0.39, 0.29) is 18.1 Å². The summed E-state index contributed by atoms with van der Waals surface area (Å²) in [5, 5.41) is 0. The molecule has 0 spiro atoms. The smallest absolute Gasteiger partial charge is 0.194 e. The maximum absolute atomic E-state index is 13.3. The predicted molar refractivity (Wildman–Crippen MR) is 70.2 cm³/mol. The molecule has 5 heteroatoms. The number of hydrogen-bond donors (Lipinski definition) is 1. The third kappa shape index (κ3) is 3.28. The first-order chi connectivity index (χ1) is 8.74. The van der Waals surface area contributed by atoms with Gasteiger partial charge in [-0.2, -0.15) is 0 Å². The summed E-state index contributed by atoms with van der Waals surface area (Å²) in [7, 11) is 1.85. The molecule has 108 valence electrons. The van der Waals surface area contributed by atoms with Gasteiger partial charge in [0.2, 0.25) is 0 Å². The number of hydrogen-bond acceptors (Lipinski definition) is 2. The van der Waals surface area contributed by atoms with Crippen molar-refractivity contribution >= 4 is 0 Å². The molecular weight excluding hydrogens is 253 g/mol. The molecule has 2 N–H and O–H groups in total. The van der Waals surface area contributed by atoms with E-state index in [0.717, 1.165) is 18.6 Å². The number of likely N-dealkylation sites (N-methyl/N-ethyl adjacent to an activating group) is 1. The number of halogens is 3. The second-order valence-corrected chi connectivity index (χ2v) is 5.33. The average molecular weight is 274 g/mol. The van der Waals surface area contributed by atoms with Crippen LogP contribution in [-0.2, 0) is 0 Å². The van der Waals surface area contributed by atoms with E-state index in [1.807, 2.05) is 32.7 Å². The molecule has 0 radical (unpaired) electrons. The zero-order chi connectivity index (χ0) is 14.8. The summed E-state index contributed by atoms with van der Waals surface area (Å²) in [5.74, 6) is -3.82. The molecular formula is C14H21F3N2. The molecule has 2 nitrogen and oxygen atoms in total. The first kappa shape index (κ1) is 16.0. The van der Waals surface area contributed by atoms with Crippen molar-refractivity contribution in [2.45, 2.75) is 38.8 Å². The Morgan fingerprint density at radius 1 is 1.21 bits per heavy atom. The summed E-state index contributed by atoms with van der Waals surface area (Å²) < 4.78 is 39.6. The second-order valence-electron chi connectivity index (χ2n) is 5.33. The first-order valence-electron chi connectivity index (χ1n) is 6.32. The average Bonchev–Trinajstić information content (AvgIpc) is 2.36. The Bertz CT molecular complexity index is 423. The molecule has 0 heterocycles. The van der Waals surface area contributed by atoms with Crippen LogP contribution in [0.15, 0.2) is 12.1 Å². The minimum atomic E-state index is -1.45. The molecule has 1 rings (SSSR count). The monoisotopic (exact) mass is 274 g/mol. The summed E-state index contributed by atoms with van der Waals surface area (Å²) in [6.45, 7) is 6.26. The van der Waals surface area contributed by atoms with Crippen LogP contribution in [0.3, 0.4) is 0 Å². The van der Waals surface area contributed by atoms with Crippen LogP contribution >= 0.6 is 0 Å². The number of nitrogens with zero attached hydrogens (tertiary/aromatic N) is 1. The second kappa shape index (κ2) is 5.92. The zero-order valence-electron chi connectivity index (χ0n) is 11.8. The third-order valence-corrected chi connectivity index (χ3v) is 3.90. The van der Waals surface area contributed by atoms with Crippen molar-refractivity contribution < 1.29 is 13.2 Å². The van der Waals surface area contributed by atoms with E-state index in [0.29, 0.717) is 5.56 Å². The predicted octanol–water partition coefficient (Wildman–Crippen LogP) is 3.22.